The second kappa shape index (κ2) is 24.3. The van der Waals surface area contributed by atoms with Crippen LogP contribution in [0, 0.1) is 0 Å². The zero-order chi connectivity index (χ0) is 68.3. The topological polar surface area (TPSA) is 77.5 Å². The van der Waals surface area contributed by atoms with Gasteiger partial charge in [0.1, 0.15) is 22.4 Å². The SMILES string of the molecule is C=CS(C)(C)c1cccc(N(C)C(=O)C(F)(C(F)(F)F)C(C)(CC)OC(F)(F)C(F)(C(F)(F)F)C(C)(CC)OC(F)(F)C(F)(F)OC(C)(CC)C(F)(C(F)(F)F)C(F)(F)OC(C)(CC)C(F)(C(=O)N(C)c2cccc(S(C)(C)CC)c2)C(F)(F)F)c1. The molecule has 2 aromatic rings. The highest BCUT2D eigenvalue weighted by atomic mass is 32.3. The van der Waals surface area contributed by atoms with Gasteiger partial charge in [0.05, 0.1) is 0 Å². The smallest absolute Gasteiger partial charge is 0.312 e. The summed E-state index contributed by atoms with van der Waals surface area (Å²) in [5.74, 6) is -5.53. The molecule has 34 heteroatoms. The lowest BCUT2D eigenvalue weighted by atomic mass is 9.78. The molecule has 0 N–H and O–H groups in total. The zero-order valence-electron chi connectivity index (χ0n) is 48.7. The molecule has 2 aromatic carbocycles. The number of rotatable bonds is 27. The summed E-state index contributed by atoms with van der Waals surface area (Å²) in [5, 5.41) is 1.37. The Morgan fingerprint density at radius 3 is 0.953 bits per heavy atom. The molecule has 0 spiro atoms. The molecule has 0 aliphatic rings. The van der Waals surface area contributed by atoms with E-state index in [4.69, 9.17) is 0 Å². The molecule has 86 heavy (non-hydrogen) atoms. The van der Waals surface area contributed by atoms with Gasteiger partial charge in [-0.05, 0) is 130 Å². The van der Waals surface area contributed by atoms with Crippen molar-refractivity contribution < 1.29 is 134 Å². The number of alkyl halides is 24. The molecular formula is C52H66F24N2O6S2. The summed E-state index contributed by atoms with van der Waals surface area (Å²) in [6.07, 6.45) is -61.9. The van der Waals surface area contributed by atoms with Gasteiger partial charge < -0.3 is 28.7 Å². The molecule has 0 saturated carbocycles. The third-order valence-electron chi connectivity index (χ3n) is 15.7. The van der Waals surface area contributed by atoms with E-state index in [0.29, 0.717) is 24.7 Å². The molecule has 0 aromatic heterocycles. The quantitative estimate of drug-likeness (QED) is 0.0830. The van der Waals surface area contributed by atoms with Gasteiger partial charge in [-0.3, -0.25) is 9.59 Å². The Balaban J connectivity index is 2.95. The summed E-state index contributed by atoms with van der Waals surface area (Å²) in [6, 6.07) is 8.75. The van der Waals surface area contributed by atoms with Crippen LogP contribution in [0.5, 0.6) is 0 Å². The van der Waals surface area contributed by atoms with Crippen molar-refractivity contribution in [2.75, 3.05) is 54.7 Å². The number of hydrogen-bond acceptors (Lipinski definition) is 6. The molecule has 500 valence electrons. The van der Waals surface area contributed by atoms with Crippen molar-refractivity contribution >= 4 is 43.2 Å². The van der Waals surface area contributed by atoms with Crippen molar-refractivity contribution in [2.24, 2.45) is 0 Å². The summed E-state index contributed by atoms with van der Waals surface area (Å²) >= 11 is 0. The number of halogens is 24. The van der Waals surface area contributed by atoms with E-state index in [2.05, 4.69) is 25.5 Å². The van der Waals surface area contributed by atoms with E-state index in [9.17, 15) is 9.59 Å². The van der Waals surface area contributed by atoms with Crippen LogP contribution in [-0.4, -0.2) is 151 Å². The van der Waals surface area contributed by atoms with E-state index in [1.54, 1.807) is 31.9 Å². The highest BCUT2D eigenvalue weighted by Gasteiger charge is 2.88. The summed E-state index contributed by atoms with van der Waals surface area (Å²) in [4.78, 5) is 27.6. The predicted octanol–water partition coefficient (Wildman–Crippen LogP) is 17.5. The first-order valence-corrected chi connectivity index (χ1v) is 30.3. The van der Waals surface area contributed by atoms with Crippen LogP contribution in [0.1, 0.15) is 88.0 Å². The zero-order valence-corrected chi connectivity index (χ0v) is 50.3. The third kappa shape index (κ3) is 12.9. The minimum Gasteiger partial charge on any atom is -0.312 e. The number of ether oxygens (including phenoxy) is 4. The number of carbonyl (C=O) groups excluding carboxylic acids is 2. The van der Waals surface area contributed by atoms with Gasteiger partial charge in [0.25, 0.3) is 11.8 Å². The van der Waals surface area contributed by atoms with E-state index in [0.717, 1.165) is 36.4 Å². The van der Waals surface area contributed by atoms with Gasteiger partial charge in [-0.15, -0.1) is 0 Å². The van der Waals surface area contributed by atoms with Crippen LogP contribution in [0.3, 0.4) is 0 Å². The van der Waals surface area contributed by atoms with E-state index in [-0.39, 0.29) is 42.4 Å². The Morgan fingerprint density at radius 1 is 0.442 bits per heavy atom. The second-order valence-electron chi connectivity index (χ2n) is 21.6. The number of amides is 2. The maximum Gasteiger partial charge on any atom is 0.448 e. The molecule has 8 atom stereocenters. The first kappa shape index (κ1) is 78.1. The fourth-order valence-corrected chi connectivity index (χ4v) is 11.1. The summed E-state index contributed by atoms with van der Waals surface area (Å²) in [5.41, 5.74) is -49.1. The molecule has 0 aliphatic heterocycles. The first-order chi connectivity index (χ1) is 38.0. The van der Waals surface area contributed by atoms with Crippen molar-refractivity contribution in [2.45, 2.75) is 192 Å². The molecule has 0 heterocycles. The van der Waals surface area contributed by atoms with Crippen LogP contribution in [0.2, 0.25) is 0 Å². The Hall–Kier alpha value is -4.02. The number of anilines is 2. The number of hydrogen-bond donors (Lipinski definition) is 0. The number of nitrogens with zero attached hydrogens (tertiary/aromatic N) is 2. The molecule has 8 unspecified atom stereocenters. The van der Waals surface area contributed by atoms with Crippen LogP contribution in [0.4, 0.5) is 117 Å². The Morgan fingerprint density at radius 2 is 0.709 bits per heavy atom. The van der Waals surface area contributed by atoms with E-state index in [1.165, 1.54) is 17.5 Å². The lowest BCUT2D eigenvalue weighted by Crippen LogP contribution is -2.76. The van der Waals surface area contributed by atoms with E-state index in [1.807, 2.05) is 0 Å². The highest BCUT2D eigenvalue weighted by Crippen LogP contribution is 2.63. The molecular weight excluding hydrogens is 1270 g/mol. The summed E-state index contributed by atoms with van der Waals surface area (Å²) in [6.45, 7) is 2.77. The molecule has 0 fully saturated rings. The fourth-order valence-electron chi connectivity index (χ4n) is 8.79. The molecule has 0 saturated heterocycles. The molecule has 2 rings (SSSR count). The minimum absolute atomic E-state index is 0.0848. The number of benzene rings is 2. The number of carbonyl (C=O) groups is 2. The third-order valence-corrected chi connectivity index (χ3v) is 21.0. The lowest BCUT2D eigenvalue weighted by molar-refractivity contribution is -0.520. The van der Waals surface area contributed by atoms with Crippen LogP contribution in [0.25, 0.3) is 0 Å². The Bertz CT molecular complexity index is 2750. The average molecular weight is 1340 g/mol. The second-order valence-corrected chi connectivity index (χ2v) is 29.3. The van der Waals surface area contributed by atoms with Gasteiger partial charge in [0.2, 0.25) is 0 Å². The van der Waals surface area contributed by atoms with Gasteiger partial charge in [-0.1, -0.05) is 58.7 Å². The average Bonchev–Trinajstić information content (AvgIpc) is 0.812. The van der Waals surface area contributed by atoms with E-state index < -0.39 is 191 Å². The van der Waals surface area contributed by atoms with Crippen molar-refractivity contribution in [3.63, 3.8) is 0 Å². The maximum atomic E-state index is 17.1. The van der Waals surface area contributed by atoms with Gasteiger partial charge in [0.15, 0.2) is 0 Å². The van der Waals surface area contributed by atoms with Crippen molar-refractivity contribution in [3.8, 4) is 0 Å². The molecule has 0 radical (unpaired) electrons. The summed E-state index contributed by atoms with van der Waals surface area (Å²) < 4.78 is 393. The van der Waals surface area contributed by atoms with Crippen LogP contribution >= 0.6 is 20.1 Å². The molecule has 0 bridgehead atoms. The van der Waals surface area contributed by atoms with Gasteiger partial charge in [0, 0.05) is 25.5 Å². The fraction of sp³-hybridized carbons (Fsp3) is 0.692. The van der Waals surface area contributed by atoms with Crippen LogP contribution in [0.15, 0.2) is 70.3 Å². The van der Waals surface area contributed by atoms with Gasteiger partial charge >= 0.3 is 71.8 Å². The molecule has 0 aliphatic carbocycles. The Labute approximate surface area is 483 Å². The highest BCUT2D eigenvalue weighted by molar-refractivity contribution is 8.35. The monoisotopic (exact) mass is 1330 g/mol. The normalized spacial score (nSPS) is 20.1. The maximum absolute atomic E-state index is 17.1. The van der Waals surface area contributed by atoms with Gasteiger partial charge in [-0.2, -0.15) is 87.8 Å². The Kier molecular flexibility index (Phi) is 22.1. The molecule has 2 amide bonds. The van der Waals surface area contributed by atoms with Crippen molar-refractivity contribution in [1.29, 1.82) is 0 Å². The predicted molar refractivity (Wildman–Crippen MR) is 274 cm³/mol. The minimum atomic E-state index is -7.72. The standard InChI is InChI=1S/C52H66F24N2O6S2/c1-17-37(7,41(53,45(57,58)59)35(79)77(11)31-25-23-27-33(29-31)85(13,14)21-5)81-49(69,70)43(55,47(63,64)65)39(9,19-3)83-51(73,74)52(75,76)84-40(10,20-4)44(56,48(66,67)68)50(71,72)82-38(8,18-2)42(54,46(60,61)62)36(80)78(12)32-26-24-28-34(30-32)86(15,16)22-6/h21,23-30H,5,17-20,22H2,1-4,6-16H3. The largest absolute Gasteiger partial charge is 0.448 e. The van der Waals surface area contributed by atoms with Gasteiger partial charge in [-0.25, -0.2) is 37.6 Å². The van der Waals surface area contributed by atoms with Crippen LogP contribution in [-0.2, 0) is 28.5 Å². The molecule has 8 nitrogen and oxygen atoms in total. The van der Waals surface area contributed by atoms with Crippen molar-refractivity contribution in [3.05, 3.63) is 60.5 Å². The lowest BCUT2D eigenvalue weighted by Gasteiger charge is -2.52. The van der Waals surface area contributed by atoms with E-state index >= 15 is 105 Å². The first-order valence-electron chi connectivity index (χ1n) is 25.2. The van der Waals surface area contributed by atoms with Crippen molar-refractivity contribution in [1.82, 2.24) is 0 Å². The summed E-state index contributed by atoms with van der Waals surface area (Å²) in [7, 11) is -3.07. The van der Waals surface area contributed by atoms with Crippen LogP contribution < -0.4 is 9.80 Å².